The van der Waals surface area contributed by atoms with E-state index in [9.17, 15) is 0 Å². The highest BCUT2D eigenvalue weighted by molar-refractivity contribution is 5.77. The van der Waals surface area contributed by atoms with Crippen LogP contribution in [0, 0.1) is 0 Å². The van der Waals surface area contributed by atoms with Gasteiger partial charge in [0.05, 0.1) is 0 Å². The Labute approximate surface area is 90.2 Å². The topological polar surface area (TPSA) is 126 Å². The average molecular weight is 216 g/mol. The Morgan fingerprint density at radius 3 is 1.27 bits per heavy atom. The highest BCUT2D eigenvalue weighted by Crippen LogP contribution is 1.54. The van der Waals surface area contributed by atoms with Crippen molar-refractivity contribution in [2.24, 2.45) is 31.7 Å². The van der Waals surface area contributed by atoms with Crippen LogP contribution in [0.25, 0.3) is 0 Å². The van der Waals surface area contributed by atoms with Gasteiger partial charge in [0.25, 0.3) is 0 Å². The second-order valence-electron chi connectivity index (χ2n) is 1.76. The summed E-state index contributed by atoms with van der Waals surface area (Å²) < 4.78 is 0. The van der Waals surface area contributed by atoms with Gasteiger partial charge in [-0.05, 0) is 0 Å². The van der Waals surface area contributed by atoms with Crippen LogP contribution in [0.4, 0.5) is 0 Å². The first-order valence-electron chi connectivity index (χ1n) is 3.50. The highest BCUT2D eigenvalue weighted by atomic mass is 15.3. The second kappa shape index (κ2) is 14.4. The van der Waals surface area contributed by atoms with Crippen LogP contribution in [0.3, 0.4) is 0 Å². The van der Waals surface area contributed by atoms with Crippen LogP contribution >= 0.6 is 0 Å². The fourth-order valence-corrected chi connectivity index (χ4v) is 0.262. The van der Waals surface area contributed by atoms with E-state index in [1.807, 2.05) is 0 Å². The summed E-state index contributed by atoms with van der Waals surface area (Å²) in [7, 11) is 3.13. The van der Waals surface area contributed by atoms with Crippen molar-refractivity contribution in [1.82, 2.24) is 10.9 Å². The summed E-state index contributed by atoms with van der Waals surface area (Å²) in [5, 5.41) is 6.50. The van der Waals surface area contributed by atoms with Crippen LogP contribution in [0.15, 0.2) is 20.2 Å². The Balaban J connectivity index is -0.000000180. The largest absolute Gasteiger partial charge is 0.369 e. The van der Waals surface area contributed by atoms with Gasteiger partial charge < -0.3 is 11.5 Å². The number of nitrogens with zero attached hydrogens (tertiary/aromatic N) is 4. The number of hydrogen-bond donors (Lipinski definition) is 4. The molecule has 0 heterocycles. The van der Waals surface area contributed by atoms with Crippen molar-refractivity contribution >= 4 is 25.4 Å². The smallest absolute Gasteiger partial charge is 0.209 e. The zero-order valence-corrected chi connectivity index (χ0v) is 8.36. The van der Waals surface area contributed by atoms with Crippen LogP contribution in [0.5, 0.6) is 0 Å². The van der Waals surface area contributed by atoms with Crippen molar-refractivity contribution in [3.63, 3.8) is 0 Å². The Morgan fingerprint density at radius 2 is 1.20 bits per heavy atom. The molecule has 0 aromatic carbocycles. The maximum Gasteiger partial charge on any atom is 0.209 e. The van der Waals surface area contributed by atoms with E-state index >= 15 is 0 Å². The third-order valence-corrected chi connectivity index (χ3v) is 0.869. The van der Waals surface area contributed by atoms with Crippen molar-refractivity contribution in [2.45, 2.75) is 7.43 Å². The van der Waals surface area contributed by atoms with Crippen LogP contribution in [-0.2, 0) is 0 Å². The Morgan fingerprint density at radius 1 is 0.933 bits per heavy atom. The molecule has 0 aromatic rings. The van der Waals surface area contributed by atoms with E-state index in [0.29, 0.717) is 0 Å². The molecule has 8 nitrogen and oxygen atoms in total. The number of aliphatic imine (C=N–C) groups is 2. The van der Waals surface area contributed by atoms with Gasteiger partial charge in [-0.25, -0.2) is 10.9 Å². The summed E-state index contributed by atoms with van der Waals surface area (Å²) in [6, 6.07) is 0. The van der Waals surface area contributed by atoms with E-state index in [-0.39, 0.29) is 19.3 Å². The quantitative estimate of drug-likeness (QED) is 0.266. The zero-order valence-electron chi connectivity index (χ0n) is 8.36. The molecule has 0 saturated carbocycles. The molecule has 6 N–H and O–H groups in total. The number of rotatable bonds is 2. The standard InChI is InChI=1S/2C3H8N4.CH4/c2*1-5-3(4)7-6-2;/h2*2H2,1H3,(H3,4,5,7);1H4. The molecule has 0 aliphatic carbocycles. The van der Waals surface area contributed by atoms with Gasteiger partial charge in [-0.1, -0.05) is 7.43 Å². The SMILES string of the molecule is C.C=NNC(N)=NC.C=NNC(N)=NC. The van der Waals surface area contributed by atoms with Crippen molar-refractivity contribution in [3.8, 4) is 0 Å². The Hall–Kier alpha value is -2.12. The normalized spacial score (nSPS) is 10.0. The molecule has 0 rings (SSSR count). The molecule has 15 heavy (non-hydrogen) atoms. The lowest BCUT2D eigenvalue weighted by molar-refractivity contribution is 1.01. The molecule has 0 aliphatic rings. The highest BCUT2D eigenvalue weighted by Gasteiger charge is 1.76. The van der Waals surface area contributed by atoms with Crippen molar-refractivity contribution < 1.29 is 0 Å². The third-order valence-electron chi connectivity index (χ3n) is 0.869. The molecule has 0 radical (unpaired) electrons. The molecular weight excluding hydrogens is 196 g/mol. The first-order chi connectivity index (χ1) is 6.62. The van der Waals surface area contributed by atoms with E-state index in [0.717, 1.165) is 0 Å². The van der Waals surface area contributed by atoms with Crippen LogP contribution in [0.1, 0.15) is 7.43 Å². The Kier molecular flexibility index (Phi) is 17.9. The minimum atomic E-state index is 0. The van der Waals surface area contributed by atoms with Gasteiger partial charge in [-0.2, -0.15) is 10.2 Å². The molecule has 0 fully saturated rings. The molecule has 0 spiro atoms. The minimum Gasteiger partial charge on any atom is -0.369 e. The number of nitrogens with two attached hydrogens (primary N) is 2. The van der Waals surface area contributed by atoms with Gasteiger partial charge >= 0.3 is 0 Å². The first kappa shape index (κ1) is 18.6. The summed E-state index contributed by atoms with van der Waals surface area (Å²) >= 11 is 0. The lowest BCUT2D eigenvalue weighted by Crippen LogP contribution is -2.26. The number of nitrogens with one attached hydrogen (secondary N) is 2. The molecule has 88 valence electrons. The van der Waals surface area contributed by atoms with Gasteiger partial charge in [0.2, 0.25) is 11.9 Å². The molecule has 8 heteroatoms. The number of hydrogen-bond acceptors (Lipinski definition) is 4. The van der Waals surface area contributed by atoms with E-state index in [1.54, 1.807) is 14.1 Å². The lowest BCUT2D eigenvalue weighted by atomic mass is 11.0. The number of guanidine groups is 2. The molecule has 0 unspecified atom stereocenters. The predicted octanol–water partition coefficient (Wildman–Crippen LogP) is -1.09. The monoisotopic (exact) mass is 216 g/mol. The van der Waals surface area contributed by atoms with Crippen LogP contribution in [-0.4, -0.2) is 39.4 Å². The number of hydrazone groups is 2. The van der Waals surface area contributed by atoms with Gasteiger partial charge in [0, 0.05) is 27.5 Å². The van der Waals surface area contributed by atoms with Gasteiger partial charge in [-0.15, -0.1) is 0 Å². The molecule has 0 atom stereocenters. The lowest BCUT2D eigenvalue weighted by Gasteiger charge is -1.91. The van der Waals surface area contributed by atoms with E-state index in [2.05, 4.69) is 44.5 Å². The van der Waals surface area contributed by atoms with Gasteiger partial charge in [-0.3, -0.25) is 9.98 Å². The van der Waals surface area contributed by atoms with Crippen molar-refractivity contribution in [1.29, 1.82) is 0 Å². The summed E-state index contributed by atoms with van der Waals surface area (Å²) in [4.78, 5) is 7.06. The Bertz CT molecular complexity index is 195. The molecule has 0 aromatic heterocycles. The van der Waals surface area contributed by atoms with E-state index in [1.165, 1.54) is 0 Å². The maximum atomic E-state index is 5.09. The average Bonchev–Trinajstić information content (AvgIpc) is 2.19. The summed E-state index contributed by atoms with van der Waals surface area (Å²) in [6.45, 7) is 6.25. The predicted molar refractivity (Wildman–Crippen MR) is 67.2 cm³/mol. The third kappa shape index (κ3) is 18.7. The van der Waals surface area contributed by atoms with Gasteiger partial charge in [0.15, 0.2) is 0 Å². The van der Waals surface area contributed by atoms with Crippen molar-refractivity contribution in [3.05, 3.63) is 0 Å². The second-order valence-corrected chi connectivity index (χ2v) is 1.76. The minimum absolute atomic E-state index is 0. The van der Waals surface area contributed by atoms with E-state index in [4.69, 9.17) is 11.5 Å². The molecular formula is C7H20N8. The first-order valence-corrected chi connectivity index (χ1v) is 3.50. The fourth-order valence-electron chi connectivity index (χ4n) is 0.262. The molecule has 0 bridgehead atoms. The van der Waals surface area contributed by atoms with Gasteiger partial charge in [0.1, 0.15) is 0 Å². The molecule has 0 amide bonds. The summed E-state index contributed by atoms with van der Waals surface area (Å²) in [6.07, 6.45) is 0. The molecule has 0 saturated heterocycles. The van der Waals surface area contributed by atoms with Crippen molar-refractivity contribution in [2.75, 3.05) is 14.1 Å². The van der Waals surface area contributed by atoms with Crippen LogP contribution < -0.4 is 22.3 Å². The maximum absolute atomic E-state index is 5.09. The summed E-state index contributed by atoms with van der Waals surface area (Å²) in [5.41, 5.74) is 14.9. The van der Waals surface area contributed by atoms with Crippen LogP contribution in [0.2, 0.25) is 0 Å². The molecule has 0 aliphatic heterocycles. The van der Waals surface area contributed by atoms with E-state index < -0.39 is 0 Å². The summed E-state index contributed by atoms with van der Waals surface area (Å²) in [5.74, 6) is 0.546. The zero-order chi connectivity index (χ0) is 11.4. The fraction of sp³-hybridized carbons (Fsp3) is 0.429.